The fourth-order valence-electron chi connectivity index (χ4n) is 4.22. The fourth-order valence-corrected chi connectivity index (χ4v) is 4.40. The first-order chi connectivity index (χ1) is 13.1. The fraction of sp³-hybridized carbons (Fsp3) is 0.500. The van der Waals surface area contributed by atoms with Crippen molar-refractivity contribution in [3.8, 4) is 0 Å². The molecule has 2 aromatic rings. The largest absolute Gasteiger partial charge is 0.385 e. The molecule has 2 fully saturated rings. The molecule has 2 N–H and O–H groups in total. The van der Waals surface area contributed by atoms with Crippen molar-refractivity contribution in [2.45, 2.75) is 13.3 Å². The summed E-state index contributed by atoms with van der Waals surface area (Å²) in [4.78, 5) is 23.8. The SMILES string of the molecule is Cc1ccc(NCCCN2CC3CN(C(=O)c4cnc[nH]4)CC3C2)cc1Cl. The number of rotatable bonds is 6. The Morgan fingerprint density at radius 3 is 2.74 bits per heavy atom. The number of benzene rings is 1. The van der Waals surface area contributed by atoms with Crippen LogP contribution in [-0.2, 0) is 0 Å². The van der Waals surface area contributed by atoms with Crippen molar-refractivity contribution in [2.24, 2.45) is 11.8 Å². The lowest BCUT2D eigenvalue weighted by atomic mass is 10.0. The van der Waals surface area contributed by atoms with Crippen LogP contribution in [0.15, 0.2) is 30.7 Å². The number of imidazole rings is 1. The van der Waals surface area contributed by atoms with Gasteiger partial charge in [0.2, 0.25) is 0 Å². The molecule has 2 unspecified atom stereocenters. The molecule has 2 atom stereocenters. The van der Waals surface area contributed by atoms with Crippen molar-refractivity contribution in [3.63, 3.8) is 0 Å². The normalized spacial score (nSPS) is 22.2. The smallest absolute Gasteiger partial charge is 0.271 e. The van der Waals surface area contributed by atoms with E-state index in [0.29, 0.717) is 17.5 Å². The van der Waals surface area contributed by atoms with Gasteiger partial charge in [-0.3, -0.25) is 4.79 Å². The minimum atomic E-state index is 0.0782. The summed E-state index contributed by atoms with van der Waals surface area (Å²) in [5.74, 6) is 1.27. The van der Waals surface area contributed by atoms with Gasteiger partial charge in [-0.1, -0.05) is 17.7 Å². The highest BCUT2D eigenvalue weighted by Gasteiger charge is 2.41. The Bertz CT molecular complexity index is 780. The van der Waals surface area contributed by atoms with Crippen LogP contribution < -0.4 is 5.32 Å². The molecule has 1 amide bonds. The summed E-state index contributed by atoms with van der Waals surface area (Å²) in [5.41, 5.74) is 2.77. The third kappa shape index (κ3) is 4.12. The van der Waals surface area contributed by atoms with E-state index in [1.807, 2.05) is 24.0 Å². The van der Waals surface area contributed by atoms with Gasteiger partial charge in [-0.25, -0.2) is 4.98 Å². The van der Waals surface area contributed by atoms with Crippen molar-refractivity contribution in [3.05, 3.63) is 47.0 Å². The van der Waals surface area contributed by atoms with E-state index < -0.39 is 0 Å². The first-order valence-corrected chi connectivity index (χ1v) is 9.98. The Balaban J connectivity index is 1.18. The van der Waals surface area contributed by atoms with Gasteiger partial charge < -0.3 is 20.1 Å². The number of halogens is 1. The van der Waals surface area contributed by atoms with E-state index in [0.717, 1.165) is 62.0 Å². The molecule has 144 valence electrons. The number of aromatic nitrogens is 2. The zero-order valence-electron chi connectivity index (χ0n) is 15.6. The summed E-state index contributed by atoms with van der Waals surface area (Å²) < 4.78 is 0. The molecule has 7 heteroatoms. The van der Waals surface area contributed by atoms with Crippen LogP contribution in [0.2, 0.25) is 5.02 Å². The monoisotopic (exact) mass is 387 g/mol. The van der Waals surface area contributed by atoms with Crippen LogP contribution in [0.25, 0.3) is 0 Å². The first kappa shape index (κ1) is 18.3. The van der Waals surface area contributed by atoms with E-state index in [1.54, 1.807) is 12.5 Å². The lowest BCUT2D eigenvalue weighted by Gasteiger charge is -2.21. The molecule has 0 saturated carbocycles. The van der Waals surface area contributed by atoms with Gasteiger partial charge in [0.25, 0.3) is 5.91 Å². The average Bonchev–Trinajstić information content (AvgIpc) is 3.37. The molecule has 1 aromatic heterocycles. The number of carbonyl (C=O) groups excluding carboxylic acids is 1. The van der Waals surface area contributed by atoms with Gasteiger partial charge in [0.15, 0.2) is 0 Å². The number of carbonyl (C=O) groups is 1. The van der Waals surface area contributed by atoms with Gasteiger partial charge in [-0.05, 0) is 49.4 Å². The standard InChI is InChI=1S/C20H26ClN5O/c1-14-3-4-17(7-18(14)21)23-5-2-6-25-9-15-11-26(12-16(15)10-25)20(27)19-8-22-13-24-19/h3-4,7-8,13,15-16,23H,2,5-6,9-12H2,1H3,(H,22,24). The second kappa shape index (κ2) is 7.90. The number of likely N-dealkylation sites (tertiary alicyclic amines) is 2. The molecule has 0 aliphatic carbocycles. The predicted molar refractivity (Wildman–Crippen MR) is 107 cm³/mol. The van der Waals surface area contributed by atoms with Crippen molar-refractivity contribution in [1.82, 2.24) is 19.8 Å². The van der Waals surface area contributed by atoms with Crippen LogP contribution in [0, 0.1) is 18.8 Å². The summed E-state index contributed by atoms with van der Waals surface area (Å²) in [6, 6.07) is 6.11. The van der Waals surface area contributed by atoms with E-state index >= 15 is 0 Å². The number of aromatic amines is 1. The first-order valence-electron chi connectivity index (χ1n) is 9.60. The highest BCUT2D eigenvalue weighted by molar-refractivity contribution is 6.31. The molecule has 0 radical (unpaired) electrons. The topological polar surface area (TPSA) is 64.3 Å². The number of nitrogens with zero attached hydrogens (tertiary/aromatic N) is 3. The van der Waals surface area contributed by atoms with Crippen LogP contribution in [0.5, 0.6) is 0 Å². The van der Waals surface area contributed by atoms with E-state index in [4.69, 9.17) is 11.6 Å². The van der Waals surface area contributed by atoms with E-state index in [-0.39, 0.29) is 5.91 Å². The Kier molecular flexibility index (Phi) is 5.36. The molecule has 4 rings (SSSR count). The number of nitrogens with one attached hydrogen (secondary N) is 2. The highest BCUT2D eigenvalue weighted by atomic mass is 35.5. The molecule has 6 nitrogen and oxygen atoms in total. The van der Waals surface area contributed by atoms with Crippen LogP contribution in [-0.4, -0.2) is 64.9 Å². The molecular weight excluding hydrogens is 362 g/mol. The minimum absolute atomic E-state index is 0.0782. The number of anilines is 1. The third-order valence-corrected chi connectivity index (χ3v) is 6.14. The van der Waals surface area contributed by atoms with Gasteiger partial charge in [0, 0.05) is 43.4 Å². The van der Waals surface area contributed by atoms with E-state index in [2.05, 4.69) is 26.3 Å². The van der Waals surface area contributed by atoms with Crippen molar-refractivity contribution >= 4 is 23.2 Å². The van der Waals surface area contributed by atoms with E-state index in [1.165, 1.54) is 0 Å². The van der Waals surface area contributed by atoms with Gasteiger partial charge in [-0.15, -0.1) is 0 Å². The van der Waals surface area contributed by atoms with Gasteiger partial charge in [0.1, 0.15) is 5.69 Å². The Morgan fingerprint density at radius 1 is 1.30 bits per heavy atom. The van der Waals surface area contributed by atoms with Crippen LogP contribution in [0.4, 0.5) is 5.69 Å². The number of hydrogen-bond acceptors (Lipinski definition) is 4. The third-order valence-electron chi connectivity index (χ3n) is 5.73. The number of H-pyrrole nitrogens is 1. The van der Waals surface area contributed by atoms with Gasteiger partial charge in [0.05, 0.1) is 12.5 Å². The zero-order valence-corrected chi connectivity index (χ0v) is 16.4. The van der Waals surface area contributed by atoms with Gasteiger partial charge >= 0.3 is 0 Å². The van der Waals surface area contributed by atoms with Gasteiger partial charge in [-0.2, -0.15) is 0 Å². The highest BCUT2D eigenvalue weighted by Crippen LogP contribution is 2.31. The number of hydrogen-bond donors (Lipinski definition) is 2. The number of fused-ring (bicyclic) bond motifs is 1. The Hall–Kier alpha value is -2.05. The van der Waals surface area contributed by atoms with Crippen molar-refractivity contribution < 1.29 is 4.79 Å². The molecule has 3 heterocycles. The summed E-state index contributed by atoms with van der Waals surface area (Å²) in [5, 5.41) is 4.26. The molecule has 2 aliphatic heterocycles. The maximum Gasteiger partial charge on any atom is 0.271 e. The maximum atomic E-state index is 12.4. The summed E-state index contributed by atoms with van der Waals surface area (Å²) >= 11 is 6.17. The van der Waals surface area contributed by atoms with Crippen LogP contribution in [0.3, 0.4) is 0 Å². The van der Waals surface area contributed by atoms with Crippen LogP contribution >= 0.6 is 11.6 Å². The predicted octanol–water partition coefficient (Wildman–Crippen LogP) is 2.88. The second-order valence-electron chi connectivity index (χ2n) is 7.70. The summed E-state index contributed by atoms with van der Waals surface area (Å²) in [6.45, 7) is 7.95. The molecule has 27 heavy (non-hydrogen) atoms. The summed E-state index contributed by atoms with van der Waals surface area (Å²) in [7, 11) is 0. The zero-order chi connectivity index (χ0) is 18.8. The lowest BCUT2D eigenvalue weighted by Crippen LogP contribution is -2.34. The number of aryl methyl sites for hydroxylation is 1. The molecule has 1 aromatic carbocycles. The minimum Gasteiger partial charge on any atom is -0.385 e. The molecular formula is C20H26ClN5O. The molecule has 0 bridgehead atoms. The second-order valence-corrected chi connectivity index (χ2v) is 8.11. The Morgan fingerprint density at radius 2 is 2.07 bits per heavy atom. The van der Waals surface area contributed by atoms with E-state index in [9.17, 15) is 4.79 Å². The lowest BCUT2D eigenvalue weighted by molar-refractivity contribution is 0.0769. The number of amides is 1. The van der Waals surface area contributed by atoms with Crippen LogP contribution in [0.1, 0.15) is 22.5 Å². The van der Waals surface area contributed by atoms with Crippen molar-refractivity contribution in [2.75, 3.05) is 44.6 Å². The Labute approximate surface area is 164 Å². The molecule has 2 aliphatic rings. The molecule has 0 spiro atoms. The van der Waals surface area contributed by atoms with Crippen molar-refractivity contribution in [1.29, 1.82) is 0 Å². The molecule has 2 saturated heterocycles. The summed E-state index contributed by atoms with van der Waals surface area (Å²) in [6.07, 6.45) is 4.27. The quantitative estimate of drug-likeness (QED) is 0.748. The average molecular weight is 388 g/mol. The maximum absolute atomic E-state index is 12.4.